The summed E-state index contributed by atoms with van der Waals surface area (Å²) < 4.78 is 2.12. The largest absolute Gasteiger partial charge is 0.300 e. The molecule has 33 heavy (non-hydrogen) atoms. The van der Waals surface area contributed by atoms with Crippen LogP contribution in [0.1, 0.15) is 56.2 Å². The van der Waals surface area contributed by atoms with E-state index in [9.17, 15) is 0 Å². The molecule has 2 aliphatic rings. The maximum Gasteiger partial charge on any atom is 0.233 e. The van der Waals surface area contributed by atoms with Gasteiger partial charge in [-0.15, -0.1) is 0 Å². The molecule has 2 fully saturated rings. The highest BCUT2D eigenvalue weighted by Crippen LogP contribution is 2.28. The molecule has 6 heteroatoms. The zero-order chi connectivity index (χ0) is 22.3. The minimum atomic E-state index is 0.716. The van der Waals surface area contributed by atoms with Crippen LogP contribution in [0.15, 0.2) is 61.3 Å². The van der Waals surface area contributed by atoms with Gasteiger partial charge in [0.1, 0.15) is 0 Å². The third kappa shape index (κ3) is 5.87. The highest BCUT2D eigenvalue weighted by Gasteiger charge is 2.28. The molecule has 0 radical (unpaired) electrons. The van der Waals surface area contributed by atoms with E-state index in [-0.39, 0.29) is 0 Å². The van der Waals surface area contributed by atoms with Crippen molar-refractivity contribution in [2.24, 2.45) is 5.92 Å². The Hall–Kier alpha value is -2.57. The van der Waals surface area contributed by atoms with Gasteiger partial charge in [-0.25, -0.2) is 9.97 Å². The van der Waals surface area contributed by atoms with Crippen molar-refractivity contribution in [2.45, 2.75) is 64.1 Å². The van der Waals surface area contributed by atoms with Crippen molar-refractivity contribution in [2.75, 3.05) is 19.6 Å². The van der Waals surface area contributed by atoms with Gasteiger partial charge in [0.2, 0.25) is 5.95 Å². The van der Waals surface area contributed by atoms with Gasteiger partial charge in [-0.1, -0.05) is 25.3 Å². The lowest BCUT2D eigenvalue weighted by Gasteiger charge is -2.41. The third-order valence-corrected chi connectivity index (χ3v) is 7.27. The lowest BCUT2D eigenvalue weighted by molar-refractivity contribution is 0.0767. The molecule has 1 saturated carbocycles. The van der Waals surface area contributed by atoms with Crippen molar-refractivity contribution in [1.82, 2.24) is 29.3 Å². The summed E-state index contributed by atoms with van der Waals surface area (Å²) in [5.41, 5.74) is 2.50. The van der Waals surface area contributed by atoms with Crippen LogP contribution >= 0.6 is 0 Å². The minimum absolute atomic E-state index is 0.716. The van der Waals surface area contributed by atoms with E-state index in [0.29, 0.717) is 5.92 Å². The molecule has 6 nitrogen and oxygen atoms in total. The maximum absolute atomic E-state index is 4.47. The monoisotopic (exact) mass is 444 g/mol. The van der Waals surface area contributed by atoms with Crippen molar-refractivity contribution in [3.8, 4) is 5.95 Å². The molecule has 3 aromatic heterocycles. The third-order valence-electron chi connectivity index (χ3n) is 7.27. The van der Waals surface area contributed by atoms with Gasteiger partial charge >= 0.3 is 0 Å². The number of hydrogen-bond acceptors (Lipinski definition) is 5. The van der Waals surface area contributed by atoms with Crippen molar-refractivity contribution in [3.63, 3.8) is 0 Å². The van der Waals surface area contributed by atoms with Crippen LogP contribution in [-0.2, 0) is 13.1 Å². The first kappa shape index (κ1) is 22.2. The van der Waals surface area contributed by atoms with Gasteiger partial charge in [0.05, 0.1) is 0 Å². The Morgan fingerprint density at radius 3 is 2.58 bits per heavy atom. The summed E-state index contributed by atoms with van der Waals surface area (Å²) in [6, 6.07) is 11.2. The van der Waals surface area contributed by atoms with Gasteiger partial charge in [-0.05, 0) is 68.0 Å². The number of piperidine rings is 1. The van der Waals surface area contributed by atoms with Gasteiger partial charge in [0.15, 0.2) is 0 Å². The topological polar surface area (TPSA) is 50.1 Å². The lowest BCUT2D eigenvalue weighted by atomic mass is 9.90. The Morgan fingerprint density at radius 2 is 1.76 bits per heavy atom. The number of nitrogens with zero attached hydrogens (tertiary/aromatic N) is 6. The molecular weight excluding hydrogens is 408 g/mol. The summed E-state index contributed by atoms with van der Waals surface area (Å²) in [7, 11) is 0. The highest BCUT2D eigenvalue weighted by atomic mass is 15.2. The molecule has 1 atom stereocenters. The predicted molar refractivity (Wildman–Crippen MR) is 131 cm³/mol. The second kappa shape index (κ2) is 11.0. The first-order chi connectivity index (χ1) is 16.3. The molecular formula is C27H36N6. The first-order valence-corrected chi connectivity index (χ1v) is 12.6. The quantitative estimate of drug-likeness (QED) is 0.504. The molecule has 1 aliphatic carbocycles. The Labute approximate surface area is 197 Å². The van der Waals surface area contributed by atoms with Crippen molar-refractivity contribution >= 4 is 0 Å². The SMILES string of the molecule is c1cnc(-n2cccc2CN(Cc2cccnc2)C[C@@H]2CCCN(C3CCCCC3)C2)nc1. The van der Waals surface area contributed by atoms with Crippen LogP contribution in [0.5, 0.6) is 0 Å². The standard InChI is InChI=1S/C27H36N6/c1-2-10-25(11-3-1)32-16-5-9-24(21-32)20-31(19-23-8-4-13-28-18-23)22-26-12-6-17-33(26)27-29-14-7-15-30-27/h4,6-8,12-15,17-18,24-25H,1-3,5,9-11,16,19-22H2/t24-/m0/s1. The normalized spacial score (nSPS) is 20.3. The predicted octanol–water partition coefficient (Wildman–Crippen LogP) is 4.71. The van der Waals surface area contributed by atoms with Crippen LogP contribution < -0.4 is 0 Å². The Kier molecular flexibility index (Phi) is 7.43. The fourth-order valence-electron chi connectivity index (χ4n) is 5.71. The summed E-state index contributed by atoms with van der Waals surface area (Å²) in [5, 5.41) is 0. The maximum atomic E-state index is 4.47. The molecule has 0 aromatic carbocycles. The number of aromatic nitrogens is 4. The van der Waals surface area contributed by atoms with Crippen LogP contribution in [0.3, 0.4) is 0 Å². The summed E-state index contributed by atoms with van der Waals surface area (Å²) in [6.45, 7) is 5.43. The van der Waals surface area contributed by atoms with Gasteiger partial charge in [-0.2, -0.15) is 0 Å². The molecule has 1 aliphatic heterocycles. The van der Waals surface area contributed by atoms with E-state index in [1.165, 1.54) is 69.3 Å². The smallest absolute Gasteiger partial charge is 0.233 e. The van der Waals surface area contributed by atoms with Crippen LogP contribution in [0.2, 0.25) is 0 Å². The van der Waals surface area contributed by atoms with Crippen LogP contribution in [0, 0.1) is 5.92 Å². The molecule has 1 saturated heterocycles. The number of likely N-dealkylation sites (tertiary alicyclic amines) is 1. The van der Waals surface area contributed by atoms with Crippen molar-refractivity contribution in [3.05, 3.63) is 72.6 Å². The first-order valence-electron chi connectivity index (χ1n) is 12.6. The van der Waals surface area contributed by atoms with E-state index in [0.717, 1.165) is 31.6 Å². The summed E-state index contributed by atoms with van der Waals surface area (Å²) in [5.74, 6) is 1.45. The van der Waals surface area contributed by atoms with E-state index in [2.05, 4.69) is 53.7 Å². The molecule has 0 N–H and O–H groups in total. The van der Waals surface area contributed by atoms with Crippen molar-refractivity contribution < 1.29 is 0 Å². The second-order valence-electron chi connectivity index (χ2n) is 9.74. The zero-order valence-corrected chi connectivity index (χ0v) is 19.6. The fourth-order valence-corrected chi connectivity index (χ4v) is 5.71. The molecule has 0 spiro atoms. The second-order valence-corrected chi connectivity index (χ2v) is 9.74. The average Bonchev–Trinajstić information content (AvgIpc) is 3.34. The number of pyridine rings is 1. The van der Waals surface area contributed by atoms with E-state index in [4.69, 9.17) is 0 Å². The zero-order valence-electron chi connectivity index (χ0n) is 19.6. The van der Waals surface area contributed by atoms with Gasteiger partial charge in [-0.3, -0.25) is 14.5 Å². The molecule has 0 bridgehead atoms. The van der Waals surface area contributed by atoms with Gasteiger partial charge in [0, 0.05) is 68.9 Å². The molecule has 4 heterocycles. The summed E-state index contributed by atoms with van der Waals surface area (Å²) in [6.07, 6.45) is 19.3. The van der Waals surface area contributed by atoms with Crippen molar-refractivity contribution in [1.29, 1.82) is 0 Å². The molecule has 0 unspecified atom stereocenters. The summed E-state index contributed by atoms with van der Waals surface area (Å²) >= 11 is 0. The molecule has 174 valence electrons. The highest BCUT2D eigenvalue weighted by molar-refractivity contribution is 5.20. The number of rotatable bonds is 8. The minimum Gasteiger partial charge on any atom is -0.300 e. The Bertz CT molecular complexity index is 967. The molecule has 3 aromatic rings. The average molecular weight is 445 g/mol. The fraction of sp³-hybridized carbons (Fsp3) is 0.519. The van der Waals surface area contributed by atoms with Crippen LogP contribution in [0.4, 0.5) is 0 Å². The molecule has 5 rings (SSSR count). The van der Waals surface area contributed by atoms with Crippen LogP contribution in [-0.4, -0.2) is 55.0 Å². The molecule has 0 amide bonds. The lowest BCUT2D eigenvalue weighted by Crippen LogP contribution is -2.46. The number of hydrogen-bond donors (Lipinski definition) is 0. The van der Waals surface area contributed by atoms with E-state index in [1.807, 2.05) is 24.5 Å². The van der Waals surface area contributed by atoms with E-state index in [1.54, 1.807) is 12.4 Å². The van der Waals surface area contributed by atoms with Crippen LogP contribution in [0.25, 0.3) is 5.95 Å². The Morgan fingerprint density at radius 1 is 0.879 bits per heavy atom. The van der Waals surface area contributed by atoms with Gasteiger partial charge in [0.25, 0.3) is 0 Å². The van der Waals surface area contributed by atoms with E-state index < -0.39 is 0 Å². The Balaban J connectivity index is 1.31. The van der Waals surface area contributed by atoms with E-state index >= 15 is 0 Å². The summed E-state index contributed by atoms with van der Waals surface area (Å²) in [4.78, 5) is 18.7. The van der Waals surface area contributed by atoms with Gasteiger partial charge < -0.3 is 4.90 Å².